The van der Waals surface area contributed by atoms with Gasteiger partial charge in [-0.25, -0.2) is 4.39 Å². The molecule has 0 aliphatic carbocycles. The summed E-state index contributed by atoms with van der Waals surface area (Å²) in [6.45, 7) is 1.65. The highest BCUT2D eigenvalue weighted by atomic mass is 19.1. The summed E-state index contributed by atoms with van der Waals surface area (Å²) in [6, 6.07) is 3.51. The molecule has 0 bridgehead atoms. The van der Waals surface area contributed by atoms with Gasteiger partial charge in [0.25, 0.3) is 5.91 Å². The number of halogens is 1. The molecule has 16 heavy (non-hydrogen) atoms. The highest BCUT2D eigenvalue weighted by Crippen LogP contribution is 2.11. The first-order valence-electron chi connectivity index (χ1n) is 5.05. The van der Waals surface area contributed by atoms with E-state index in [1.807, 2.05) is 6.92 Å². The third-order valence-corrected chi connectivity index (χ3v) is 2.29. The Labute approximate surface area is 93.3 Å². The fraction of sp³-hybridized carbons (Fsp3) is 0.364. The molecule has 0 radical (unpaired) electrons. The minimum Gasteiger partial charge on any atom is -0.399 e. The molecule has 5 heteroatoms. The molecule has 0 aliphatic heterocycles. The molecule has 0 saturated carbocycles. The second kappa shape index (κ2) is 5.46. The minimum atomic E-state index is -0.662. The number of amides is 1. The van der Waals surface area contributed by atoms with Crippen LogP contribution in [-0.4, -0.2) is 23.7 Å². The van der Waals surface area contributed by atoms with Gasteiger partial charge in [-0.05, 0) is 24.6 Å². The lowest BCUT2D eigenvalue weighted by Crippen LogP contribution is -2.37. The van der Waals surface area contributed by atoms with E-state index in [1.54, 1.807) is 0 Å². The van der Waals surface area contributed by atoms with Gasteiger partial charge >= 0.3 is 0 Å². The van der Waals surface area contributed by atoms with Gasteiger partial charge < -0.3 is 16.2 Å². The van der Waals surface area contributed by atoms with Crippen molar-refractivity contribution < 1.29 is 14.3 Å². The van der Waals surface area contributed by atoms with E-state index in [1.165, 1.54) is 12.1 Å². The standard InChI is InChI=1S/C11H15FN2O2/c1-2-8(6-15)14-11(16)9-4-3-7(13)5-10(9)12/h3-5,8,15H,2,6,13H2,1H3,(H,14,16)/t8-/m0/s1. The molecule has 0 aromatic heterocycles. The Morgan fingerprint density at radius 2 is 2.31 bits per heavy atom. The summed E-state index contributed by atoms with van der Waals surface area (Å²) >= 11 is 0. The van der Waals surface area contributed by atoms with Crippen molar-refractivity contribution in [2.45, 2.75) is 19.4 Å². The molecule has 0 fully saturated rings. The molecule has 1 aromatic carbocycles. The van der Waals surface area contributed by atoms with Crippen LogP contribution in [0.25, 0.3) is 0 Å². The lowest BCUT2D eigenvalue weighted by Gasteiger charge is -2.14. The highest BCUT2D eigenvalue weighted by molar-refractivity contribution is 5.95. The van der Waals surface area contributed by atoms with Gasteiger partial charge in [0.15, 0.2) is 0 Å². The van der Waals surface area contributed by atoms with Crippen LogP contribution >= 0.6 is 0 Å². The number of aliphatic hydroxyl groups is 1. The third kappa shape index (κ3) is 2.93. The Balaban J connectivity index is 2.80. The first kappa shape index (κ1) is 12.4. The van der Waals surface area contributed by atoms with Gasteiger partial charge in [0.2, 0.25) is 0 Å². The number of hydrogen-bond acceptors (Lipinski definition) is 3. The van der Waals surface area contributed by atoms with Crippen molar-refractivity contribution in [3.63, 3.8) is 0 Å². The van der Waals surface area contributed by atoms with Crippen molar-refractivity contribution in [1.29, 1.82) is 0 Å². The van der Waals surface area contributed by atoms with Gasteiger partial charge in [0.05, 0.1) is 18.2 Å². The van der Waals surface area contributed by atoms with Crippen molar-refractivity contribution in [3.05, 3.63) is 29.6 Å². The first-order valence-corrected chi connectivity index (χ1v) is 5.05. The maximum absolute atomic E-state index is 13.4. The van der Waals surface area contributed by atoms with Crippen molar-refractivity contribution in [2.75, 3.05) is 12.3 Å². The smallest absolute Gasteiger partial charge is 0.254 e. The second-order valence-electron chi connectivity index (χ2n) is 3.50. The largest absolute Gasteiger partial charge is 0.399 e. The van der Waals surface area contributed by atoms with Gasteiger partial charge in [-0.3, -0.25) is 4.79 Å². The molecule has 0 heterocycles. The second-order valence-corrected chi connectivity index (χ2v) is 3.50. The monoisotopic (exact) mass is 226 g/mol. The summed E-state index contributed by atoms with van der Waals surface area (Å²) in [5.41, 5.74) is 5.57. The van der Waals surface area contributed by atoms with E-state index in [0.29, 0.717) is 6.42 Å². The summed E-state index contributed by atoms with van der Waals surface area (Å²) in [5.74, 6) is -1.20. The molecule has 0 aliphatic rings. The molecule has 0 spiro atoms. The SMILES string of the molecule is CC[C@@H](CO)NC(=O)c1ccc(N)cc1F. The number of nitrogen functional groups attached to an aromatic ring is 1. The van der Waals surface area contributed by atoms with Crippen molar-refractivity contribution in [3.8, 4) is 0 Å². The van der Waals surface area contributed by atoms with Crippen LogP contribution in [0.15, 0.2) is 18.2 Å². The van der Waals surface area contributed by atoms with Crippen LogP contribution in [0, 0.1) is 5.82 Å². The first-order chi connectivity index (χ1) is 7.58. The fourth-order valence-electron chi connectivity index (χ4n) is 1.26. The average molecular weight is 226 g/mol. The van der Waals surface area contributed by atoms with E-state index in [9.17, 15) is 9.18 Å². The highest BCUT2D eigenvalue weighted by Gasteiger charge is 2.14. The van der Waals surface area contributed by atoms with Gasteiger partial charge in [-0.1, -0.05) is 6.92 Å². The topological polar surface area (TPSA) is 75.3 Å². The zero-order chi connectivity index (χ0) is 12.1. The Kier molecular flexibility index (Phi) is 4.25. The maximum Gasteiger partial charge on any atom is 0.254 e. The van der Waals surface area contributed by atoms with Gasteiger partial charge in [0.1, 0.15) is 5.82 Å². The Morgan fingerprint density at radius 1 is 1.62 bits per heavy atom. The van der Waals surface area contributed by atoms with Crippen molar-refractivity contribution >= 4 is 11.6 Å². The molecule has 88 valence electrons. The van der Waals surface area contributed by atoms with Crippen LogP contribution in [0.2, 0.25) is 0 Å². The predicted octanol–water partition coefficient (Wildman–Crippen LogP) is 0.909. The summed E-state index contributed by atoms with van der Waals surface area (Å²) in [5, 5.41) is 11.4. The Bertz CT molecular complexity index is 378. The summed E-state index contributed by atoms with van der Waals surface area (Å²) in [6.07, 6.45) is 0.582. The van der Waals surface area contributed by atoms with Crippen LogP contribution in [0.4, 0.5) is 10.1 Å². The molecule has 0 unspecified atom stereocenters. The number of anilines is 1. The Morgan fingerprint density at radius 3 is 2.81 bits per heavy atom. The predicted molar refractivity (Wildman–Crippen MR) is 59.4 cm³/mol. The molecule has 4 N–H and O–H groups in total. The van der Waals surface area contributed by atoms with E-state index in [4.69, 9.17) is 10.8 Å². The van der Waals surface area contributed by atoms with Crippen LogP contribution in [0.1, 0.15) is 23.7 Å². The normalized spacial score (nSPS) is 12.2. The number of aliphatic hydroxyl groups excluding tert-OH is 1. The number of rotatable bonds is 4. The molecule has 0 saturated heterocycles. The molecule has 4 nitrogen and oxygen atoms in total. The van der Waals surface area contributed by atoms with Crippen molar-refractivity contribution in [1.82, 2.24) is 5.32 Å². The summed E-state index contributed by atoms with van der Waals surface area (Å²) < 4.78 is 13.4. The van der Waals surface area contributed by atoms with E-state index in [-0.39, 0.29) is 23.9 Å². The lowest BCUT2D eigenvalue weighted by molar-refractivity contribution is 0.0911. The minimum absolute atomic E-state index is 0.0684. The molecule has 1 aromatic rings. The third-order valence-electron chi connectivity index (χ3n) is 2.29. The summed E-state index contributed by atoms with van der Waals surface area (Å²) in [4.78, 5) is 11.6. The zero-order valence-electron chi connectivity index (χ0n) is 9.03. The quantitative estimate of drug-likeness (QED) is 0.668. The van der Waals surface area contributed by atoms with Gasteiger partial charge in [0, 0.05) is 5.69 Å². The summed E-state index contributed by atoms with van der Waals surface area (Å²) in [7, 11) is 0. The van der Waals surface area contributed by atoms with Gasteiger partial charge in [-0.15, -0.1) is 0 Å². The molecule has 1 atom stereocenters. The van der Waals surface area contributed by atoms with Gasteiger partial charge in [-0.2, -0.15) is 0 Å². The molecular formula is C11H15FN2O2. The van der Waals surface area contributed by atoms with Crippen LogP contribution in [0.5, 0.6) is 0 Å². The van der Waals surface area contributed by atoms with E-state index in [2.05, 4.69) is 5.32 Å². The van der Waals surface area contributed by atoms with Crippen LogP contribution < -0.4 is 11.1 Å². The van der Waals surface area contributed by atoms with Crippen molar-refractivity contribution in [2.24, 2.45) is 0 Å². The number of carbonyl (C=O) groups is 1. The maximum atomic E-state index is 13.4. The van der Waals surface area contributed by atoms with Crippen LogP contribution in [-0.2, 0) is 0 Å². The lowest BCUT2D eigenvalue weighted by atomic mass is 10.1. The number of benzene rings is 1. The molecular weight excluding hydrogens is 211 g/mol. The number of nitrogens with one attached hydrogen (secondary N) is 1. The Hall–Kier alpha value is -1.62. The fourth-order valence-corrected chi connectivity index (χ4v) is 1.26. The number of nitrogens with two attached hydrogens (primary N) is 1. The number of hydrogen-bond donors (Lipinski definition) is 3. The van der Waals surface area contributed by atoms with Crippen LogP contribution in [0.3, 0.4) is 0 Å². The van der Waals surface area contributed by atoms with E-state index < -0.39 is 11.7 Å². The van der Waals surface area contributed by atoms with E-state index in [0.717, 1.165) is 6.07 Å². The average Bonchev–Trinajstić information content (AvgIpc) is 2.25. The van der Waals surface area contributed by atoms with E-state index >= 15 is 0 Å². The number of carbonyl (C=O) groups excluding carboxylic acids is 1. The molecule has 1 rings (SSSR count). The zero-order valence-corrected chi connectivity index (χ0v) is 9.03. The molecule has 1 amide bonds.